The molecule has 1 atom stereocenters. The van der Waals surface area contributed by atoms with Crippen LogP contribution < -0.4 is 5.32 Å². The Morgan fingerprint density at radius 2 is 1.89 bits per heavy atom. The summed E-state index contributed by atoms with van der Waals surface area (Å²) in [5.74, 6) is 0. The van der Waals surface area contributed by atoms with Gasteiger partial charge in [-0.25, -0.2) is 0 Å². The molecule has 1 unspecified atom stereocenters. The molecule has 3 heteroatoms. The Balaban J connectivity index is 1.97. The van der Waals surface area contributed by atoms with Crippen LogP contribution in [-0.4, -0.2) is 6.54 Å². The van der Waals surface area contributed by atoms with Crippen LogP contribution in [0.5, 0.6) is 0 Å². The minimum absolute atomic E-state index is 0.241. The zero-order valence-electron chi connectivity index (χ0n) is 11.8. The van der Waals surface area contributed by atoms with Gasteiger partial charge in [-0.3, -0.25) is 0 Å². The van der Waals surface area contributed by atoms with Crippen LogP contribution in [0.1, 0.15) is 57.6 Å². The van der Waals surface area contributed by atoms with E-state index in [-0.39, 0.29) is 6.04 Å². The summed E-state index contributed by atoms with van der Waals surface area (Å²) in [4.78, 5) is 0. The molecule has 0 saturated heterocycles. The van der Waals surface area contributed by atoms with Gasteiger partial charge in [-0.15, -0.1) is 0 Å². The van der Waals surface area contributed by atoms with Gasteiger partial charge in [-0.1, -0.05) is 49.4 Å². The molecule has 1 aliphatic rings. The van der Waals surface area contributed by atoms with Gasteiger partial charge in [0.15, 0.2) is 0 Å². The van der Waals surface area contributed by atoms with E-state index in [2.05, 4.69) is 19.2 Å². The van der Waals surface area contributed by atoms with Crippen LogP contribution in [0.15, 0.2) is 18.2 Å². The summed E-state index contributed by atoms with van der Waals surface area (Å²) in [7, 11) is 0. The lowest BCUT2D eigenvalue weighted by atomic mass is 9.75. The summed E-state index contributed by atoms with van der Waals surface area (Å²) in [5.41, 5.74) is 1.53. The van der Waals surface area contributed by atoms with Crippen molar-refractivity contribution in [2.75, 3.05) is 6.54 Å². The Hall–Kier alpha value is -0.240. The predicted octanol–water partition coefficient (Wildman–Crippen LogP) is 5.61. The lowest BCUT2D eigenvalue weighted by Crippen LogP contribution is -2.35. The van der Waals surface area contributed by atoms with Crippen molar-refractivity contribution in [3.05, 3.63) is 33.8 Å². The molecule has 1 aliphatic carbocycles. The molecule has 19 heavy (non-hydrogen) atoms. The van der Waals surface area contributed by atoms with Crippen molar-refractivity contribution in [2.45, 2.75) is 52.0 Å². The molecule has 1 nitrogen and oxygen atoms in total. The van der Waals surface area contributed by atoms with Crippen LogP contribution in [-0.2, 0) is 0 Å². The average Bonchev–Trinajstić information content (AvgIpc) is 2.40. The van der Waals surface area contributed by atoms with Gasteiger partial charge >= 0.3 is 0 Å². The van der Waals surface area contributed by atoms with Crippen LogP contribution in [0.25, 0.3) is 0 Å². The van der Waals surface area contributed by atoms with Crippen molar-refractivity contribution in [2.24, 2.45) is 5.41 Å². The Kier molecular flexibility index (Phi) is 5.16. The van der Waals surface area contributed by atoms with Crippen LogP contribution in [0.3, 0.4) is 0 Å². The van der Waals surface area contributed by atoms with Crippen LogP contribution >= 0.6 is 23.2 Å². The molecule has 106 valence electrons. The third kappa shape index (κ3) is 4.11. The van der Waals surface area contributed by atoms with E-state index in [4.69, 9.17) is 23.2 Å². The maximum Gasteiger partial charge on any atom is 0.0454 e. The number of hydrogen-bond donors (Lipinski definition) is 1. The highest BCUT2D eigenvalue weighted by molar-refractivity contribution is 6.33. The third-order valence-electron chi connectivity index (χ3n) is 4.32. The van der Waals surface area contributed by atoms with Gasteiger partial charge in [-0.2, -0.15) is 0 Å². The fourth-order valence-electron chi connectivity index (χ4n) is 2.94. The second-order valence-corrected chi connectivity index (χ2v) is 6.98. The molecule has 0 spiro atoms. The molecule has 1 aromatic rings. The lowest BCUT2D eigenvalue weighted by Gasteiger charge is -2.35. The normalized spacial score (nSPS) is 20.2. The van der Waals surface area contributed by atoms with E-state index in [1.165, 1.54) is 32.1 Å². The summed E-state index contributed by atoms with van der Waals surface area (Å²) >= 11 is 12.3. The van der Waals surface area contributed by atoms with Crippen molar-refractivity contribution in [1.82, 2.24) is 5.32 Å². The van der Waals surface area contributed by atoms with E-state index in [1.807, 2.05) is 18.2 Å². The molecular weight excluding hydrogens is 277 g/mol. The third-order valence-corrected chi connectivity index (χ3v) is 4.90. The molecule has 1 N–H and O–H groups in total. The van der Waals surface area contributed by atoms with Crippen molar-refractivity contribution < 1.29 is 0 Å². The first-order chi connectivity index (χ1) is 9.00. The van der Waals surface area contributed by atoms with Crippen molar-refractivity contribution in [3.8, 4) is 0 Å². The first-order valence-electron chi connectivity index (χ1n) is 7.18. The summed E-state index contributed by atoms with van der Waals surface area (Å²) in [5, 5.41) is 5.17. The predicted molar refractivity (Wildman–Crippen MR) is 84.1 cm³/mol. The zero-order chi connectivity index (χ0) is 13.9. The molecule has 0 bridgehead atoms. The van der Waals surface area contributed by atoms with E-state index in [9.17, 15) is 0 Å². The number of nitrogens with one attached hydrogen (secondary N) is 1. The monoisotopic (exact) mass is 299 g/mol. The zero-order valence-corrected chi connectivity index (χ0v) is 13.3. The molecular formula is C16H23Cl2N. The highest BCUT2D eigenvalue weighted by Crippen LogP contribution is 2.36. The number of hydrogen-bond acceptors (Lipinski definition) is 1. The van der Waals surface area contributed by atoms with Gasteiger partial charge < -0.3 is 5.32 Å². The van der Waals surface area contributed by atoms with Crippen LogP contribution in [0, 0.1) is 5.41 Å². The van der Waals surface area contributed by atoms with E-state index in [0.29, 0.717) is 5.41 Å². The smallest absolute Gasteiger partial charge is 0.0454 e. The molecule has 2 rings (SSSR count). The van der Waals surface area contributed by atoms with Crippen molar-refractivity contribution >= 4 is 23.2 Å². The van der Waals surface area contributed by atoms with Gasteiger partial charge in [0.1, 0.15) is 0 Å². The Bertz CT molecular complexity index is 425. The van der Waals surface area contributed by atoms with E-state index in [1.54, 1.807) is 0 Å². The molecule has 0 aromatic heterocycles. The van der Waals surface area contributed by atoms with E-state index < -0.39 is 0 Å². The minimum atomic E-state index is 0.241. The van der Waals surface area contributed by atoms with Gasteiger partial charge in [0, 0.05) is 22.6 Å². The molecule has 1 fully saturated rings. The molecule has 0 aliphatic heterocycles. The standard InChI is InChI=1S/C16H23Cl2N/c1-12(14-10-13(17)6-7-15(14)18)19-11-16(2)8-4-3-5-9-16/h6-7,10,12,19H,3-5,8-9,11H2,1-2H3. The maximum absolute atomic E-state index is 6.25. The van der Waals surface area contributed by atoms with Gasteiger partial charge in [0.05, 0.1) is 0 Å². The number of rotatable bonds is 4. The first kappa shape index (κ1) is 15.2. The average molecular weight is 300 g/mol. The second-order valence-electron chi connectivity index (χ2n) is 6.14. The molecule has 0 radical (unpaired) electrons. The highest BCUT2D eigenvalue weighted by Gasteiger charge is 2.27. The number of benzene rings is 1. The van der Waals surface area contributed by atoms with Crippen LogP contribution in [0.2, 0.25) is 10.0 Å². The fourth-order valence-corrected chi connectivity index (χ4v) is 3.40. The topological polar surface area (TPSA) is 12.0 Å². The van der Waals surface area contributed by atoms with E-state index in [0.717, 1.165) is 22.2 Å². The minimum Gasteiger partial charge on any atom is -0.310 e. The Morgan fingerprint density at radius 1 is 1.21 bits per heavy atom. The van der Waals surface area contributed by atoms with E-state index >= 15 is 0 Å². The van der Waals surface area contributed by atoms with Gasteiger partial charge in [0.2, 0.25) is 0 Å². The Labute approximate surface area is 126 Å². The summed E-state index contributed by atoms with van der Waals surface area (Å²) < 4.78 is 0. The van der Waals surface area contributed by atoms with Gasteiger partial charge in [0.25, 0.3) is 0 Å². The first-order valence-corrected chi connectivity index (χ1v) is 7.94. The lowest BCUT2D eigenvalue weighted by molar-refractivity contribution is 0.202. The summed E-state index contributed by atoms with van der Waals surface area (Å²) in [6.07, 6.45) is 6.78. The van der Waals surface area contributed by atoms with Gasteiger partial charge in [-0.05, 0) is 48.9 Å². The molecule has 1 aromatic carbocycles. The summed E-state index contributed by atoms with van der Waals surface area (Å²) in [6, 6.07) is 5.91. The number of halogens is 2. The Morgan fingerprint density at radius 3 is 2.58 bits per heavy atom. The molecule has 0 amide bonds. The maximum atomic E-state index is 6.25. The second kappa shape index (κ2) is 6.47. The molecule has 1 saturated carbocycles. The largest absolute Gasteiger partial charge is 0.310 e. The highest BCUT2D eigenvalue weighted by atomic mass is 35.5. The SMILES string of the molecule is CC(NCC1(C)CCCCC1)c1cc(Cl)ccc1Cl. The van der Waals surface area contributed by atoms with Crippen molar-refractivity contribution in [1.29, 1.82) is 0 Å². The van der Waals surface area contributed by atoms with Crippen molar-refractivity contribution in [3.63, 3.8) is 0 Å². The summed E-state index contributed by atoms with van der Waals surface area (Å²) in [6.45, 7) is 5.60. The van der Waals surface area contributed by atoms with Crippen LogP contribution in [0.4, 0.5) is 0 Å². The quantitative estimate of drug-likeness (QED) is 0.761. The molecule has 0 heterocycles. The fraction of sp³-hybridized carbons (Fsp3) is 0.625.